The number of aryl methyl sites for hydroxylation is 1. The van der Waals surface area contributed by atoms with E-state index in [1.54, 1.807) is 12.1 Å². The predicted octanol–water partition coefficient (Wildman–Crippen LogP) is 4.75. The highest BCUT2D eigenvalue weighted by Crippen LogP contribution is 2.65. The van der Waals surface area contributed by atoms with Crippen LogP contribution in [0.3, 0.4) is 0 Å². The number of rotatable bonds is 4. The average Bonchev–Trinajstić information content (AvgIpc) is 3.22. The summed E-state index contributed by atoms with van der Waals surface area (Å²) in [6.07, 6.45) is 10.2. The van der Waals surface area contributed by atoms with Crippen molar-refractivity contribution in [2.24, 2.45) is 46.5 Å². The first-order chi connectivity index (χ1) is 17.0. The van der Waals surface area contributed by atoms with Gasteiger partial charge in [-0.1, -0.05) is 69.2 Å². The molecule has 0 saturated heterocycles. The Kier molecular flexibility index (Phi) is 7.83. The smallest absolute Gasteiger partial charge is 0.205 e. The molecule has 9 atom stereocenters. The molecule has 0 spiro atoms. The molecule has 3 fully saturated rings. The van der Waals surface area contributed by atoms with Gasteiger partial charge in [-0.05, 0) is 93.3 Å². The van der Waals surface area contributed by atoms with Crippen molar-refractivity contribution >= 4 is 0 Å². The first-order valence-corrected chi connectivity index (χ1v) is 14.4. The van der Waals surface area contributed by atoms with Crippen LogP contribution in [0.25, 0.3) is 0 Å². The van der Waals surface area contributed by atoms with Crippen molar-refractivity contribution in [2.75, 3.05) is 0 Å². The molecule has 0 aliphatic heterocycles. The molecule has 5 nitrogen and oxygen atoms in total. The zero-order valence-electron chi connectivity index (χ0n) is 23.1. The Hall–Kier alpha value is -1.24. The Balaban J connectivity index is 0.00000148. The quantitative estimate of drug-likeness (QED) is 0.304. The minimum atomic E-state index is -2.06. The van der Waals surface area contributed by atoms with Crippen molar-refractivity contribution in [1.29, 1.82) is 0 Å². The van der Waals surface area contributed by atoms with Crippen LogP contribution in [0.2, 0.25) is 0 Å². The molecule has 4 aliphatic carbocycles. The van der Waals surface area contributed by atoms with Gasteiger partial charge in [0.2, 0.25) is 5.79 Å². The van der Waals surface area contributed by atoms with Gasteiger partial charge in [0, 0.05) is 11.1 Å². The fourth-order valence-corrected chi connectivity index (χ4v) is 8.93. The van der Waals surface area contributed by atoms with E-state index in [2.05, 4.69) is 19.9 Å². The summed E-state index contributed by atoms with van der Waals surface area (Å²) < 4.78 is 0. The second-order valence-corrected chi connectivity index (χ2v) is 12.5. The average molecular weight is 499 g/mol. The maximum atomic E-state index is 11.1. The molecule has 36 heavy (non-hydrogen) atoms. The van der Waals surface area contributed by atoms with Gasteiger partial charge in [-0.2, -0.15) is 0 Å². The van der Waals surface area contributed by atoms with Crippen molar-refractivity contribution in [3.63, 3.8) is 0 Å². The largest absolute Gasteiger partial charge is 0.393 e. The van der Waals surface area contributed by atoms with Gasteiger partial charge in [0.25, 0.3) is 0 Å². The lowest BCUT2D eigenvalue weighted by Crippen LogP contribution is -2.64. The van der Waals surface area contributed by atoms with Crippen LogP contribution in [0, 0.1) is 41.9 Å². The second-order valence-electron chi connectivity index (χ2n) is 12.5. The van der Waals surface area contributed by atoms with E-state index in [4.69, 9.17) is 11.5 Å². The molecule has 1 aromatic carbocycles. The first-order valence-electron chi connectivity index (χ1n) is 14.4. The van der Waals surface area contributed by atoms with Crippen LogP contribution < -0.4 is 11.5 Å². The Morgan fingerprint density at radius 3 is 2.36 bits per heavy atom. The zero-order valence-corrected chi connectivity index (χ0v) is 23.1. The van der Waals surface area contributed by atoms with E-state index in [1.165, 1.54) is 5.57 Å². The molecule has 4 aliphatic rings. The maximum absolute atomic E-state index is 11.1. The third-order valence-electron chi connectivity index (χ3n) is 10.8. The van der Waals surface area contributed by atoms with Crippen LogP contribution in [0.15, 0.2) is 35.9 Å². The molecular formula is C31H50N2O3. The fourth-order valence-electron chi connectivity index (χ4n) is 8.93. The Bertz CT molecular complexity index is 944. The summed E-state index contributed by atoms with van der Waals surface area (Å²) in [5.41, 5.74) is 16.8. The molecule has 1 aromatic rings. The first kappa shape index (κ1) is 27.8. The third kappa shape index (κ3) is 4.39. The van der Waals surface area contributed by atoms with Crippen LogP contribution in [0.5, 0.6) is 0 Å². The molecule has 0 radical (unpaired) electrons. The van der Waals surface area contributed by atoms with E-state index in [0.717, 1.165) is 56.9 Å². The number of benzene rings is 1. The van der Waals surface area contributed by atoms with Crippen LogP contribution >= 0.6 is 0 Å². The second kappa shape index (κ2) is 10.1. The zero-order chi connectivity index (χ0) is 26.5. The van der Waals surface area contributed by atoms with E-state index in [-0.39, 0.29) is 23.0 Å². The van der Waals surface area contributed by atoms with Gasteiger partial charge in [0.15, 0.2) is 0 Å². The molecule has 5 heteroatoms. The summed E-state index contributed by atoms with van der Waals surface area (Å²) in [7, 11) is 0. The Morgan fingerprint density at radius 2 is 1.69 bits per heavy atom. The summed E-state index contributed by atoms with van der Waals surface area (Å²) >= 11 is 0. The highest BCUT2D eigenvalue weighted by molar-refractivity contribution is 5.28. The third-order valence-corrected chi connectivity index (χ3v) is 10.8. The highest BCUT2D eigenvalue weighted by atomic mass is 16.5. The lowest BCUT2D eigenvalue weighted by molar-refractivity contribution is -0.201. The Labute approximate surface area is 218 Å². The molecule has 5 rings (SSSR count). The maximum Gasteiger partial charge on any atom is 0.205 e. The van der Waals surface area contributed by atoms with Gasteiger partial charge < -0.3 is 26.8 Å². The highest BCUT2D eigenvalue weighted by Gasteiger charge is 2.63. The van der Waals surface area contributed by atoms with E-state index < -0.39 is 11.8 Å². The van der Waals surface area contributed by atoms with Crippen LogP contribution in [0.4, 0.5) is 0 Å². The molecule has 0 aromatic heterocycles. The topological polar surface area (TPSA) is 113 Å². The molecule has 0 bridgehead atoms. The van der Waals surface area contributed by atoms with Gasteiger partial charge in [-0.3, -0.25) is 0 Å². The molecule has 3 saturated carbocycles. The van der Waals surface area contributed by atoms with Crippen molar-refractivity contribution < 1.29 is 15.3 Å². The van der Waals surface area contributed by atoms with Gasteiger partial charge >= 0.3 is 0 Å². The minimum absolute atomic E-state index is 0.0468. The van der Waals surface area contributed by atoms with Crippen LogP contribution in [-0.2, 0) is 5.79 Å². The number of hydrogen-bond donors (Lipinski definition) is 5. The van der Waals surface area contributed by atoms with Gasteiger partial charge in [0.05, 0.1) is 12.1 Å². The molecule has 0 amide bonds. The van der Waals surface area contributed by atoms with Gasteiger partial charge in [0.1, 0.15) is 0 Å². The standard InChI is InChI=1S/C29H44N2O3.C2H6/c1-17-4-6-20(7-5-17)29(33,34)26(30)18(2)23-10-11-25-27(23,3)14-13-24-22-9-8-21(32)16-19(22)12-15-28(24,25)31;1-2/h4-7,12,18,21-26,32-34H,8-11,13-16,30-31H2,1-3H3;1-2H3. The van der Waals surface area contributed by atoms with Crippen molar-refractivity contribution in [3.8, 4) is 0 Å². The SMILES string of the molecule is CC.Cc1ccc(C(O)(O)C(N)C(C)C2CCC3C2(C)CCC2C4CCC(O)CC4=CCC23N)cc1. The number of nitrogens with two attached hydrogens (primary N) is 2. The number of fused-ring (bicyclic) bond motifs is 5. The summed E-state index contributed by atoms with van der Waals surface area (Å²) in [6.45, 7) is 10.5. The fraction of sp³-hybridized carbons (Fsp3) is 0.742. The van der Waals surface area contributed by atoms with Crippen LogP contribution in [-0.4, -0.2) is 33.0 Å². The molecule has 7 N–H and O–H groups in total. The molecular weight excluding hydrogens is 448 g/mol. The number of hydrogen-bond acceptors (Lipinski definition) is 5. The van der Waals surface area contributed by atoms with Crippen LogP contribution in [0.1, 0.15) is 90.2 Å². The molecule has 202 valence electrons. The van der Waals surface area contributed by atoms with Gasteiger partial charge in [-0.15, -0.1) is 0 Å². The monoisotopic (exact) mass is 498 g/mol. The number of aliphatic hydroxyl groups is 3. The lowest BCUT2D eigenvalue weighted by Gasteiger charge is -2.60. The number of aliphatic hydroxyl groups excluding tert-OH is 1. The Morgan fingerprint density at radius 1 is 1.03 bits per heavy atom. The van der Waals surface area contributed by atoms with Crippen molar-refractivity contribution in [3.05, 3.63) is 47.0 Å². The van der Waals surface area contributed by atoms with E-state index >= 15 is 0 Å². The normalized spacial score (nSPS) is 39.5. The molecule has 0 heterocycles. The predicted molar refractivity (Wildman–Crippen MR) is 146 cm³/mol. The van der Waals surface area contributed by atoms with E-state index in [9.17, 15) is 15.3 Å². The summed E-state index contributed by atoms with van der Waals surface area (Å²) in [4.78, 5) is 0. The van der Waals surface area contributed by atoms with E-state index in [0.29, 0.717) is 29.2 Å². The van der Waals surface area contributed by atoms with Crippen molar-refractivity contribution in [1.82, 2.24) is 0 Å². The summed E-state index contributed by atoms with van der Waals surface area (Å²) in [6, 6.07) is 6.56. The summed E-state index contributed by atoms with van der Waals surface area (Å²) in [5.74, 6) is -0.390. The van der Waals surface area contributed by atoms with Crippen molar-refractivity contribution in [2.45, 2.75) is 109 Å². The summed E-state index contributed by atoms with van der Waals surface area (Å²) in [5, 5.41) is 32.4. The minimum Gasteiger partial charge on any atom is -0.393 e. The van der Waals surface area contributed by atoms with Gasteiger partial charge in [-0.25, -0.2) is 0 Å². The lowest BCUT2D eigenvalue weighted by atomic mass is 9.47. The van der Waals surface area contributed by atoms with E-state index in [1.807, 2.05) is 32.9 Å². The molecule has 9 unspecified atom stereocenters.